The molecule has 3 fully saturated rings. The van der Waals surface area contributed by atoms with Crippen LogP contribution in [-0.4, -0.2) is 36.1 Å². The highest BCUT2D eigenvalue weighted by Gasteiger charge is 2.40. The van der Waals surface area contributed by atoms with Gasteiger partial charge in [-0.2, -0.15) is 0 Å². The molecule has 0 aromatic carbocycles. The van der Waals surface area contributed by atoms with Crippen LogP contribution >= 0.6 is 0 Å². The Hall–Kier alpha value is -0.0800. The molecule has 1 N–H and O–H groups in total. The topological polar surface area (TPSA) is 15.3 Å². The van der Waals surface area contributed by atoms with Crippen LogP contribution in [0.5, 0.6) is 0 Å². The SMILES string of the molecule is CC1CNC(C2CC2)CN1C1CC1. The van der Waals surface area contributed by atoms with Crippen molar-refractivity contribution in [3.8, 4) is 0 Å². The van der Waals surface area contributed by atoms with Crippen molar-refractivity contribution >= 4 is 0 Å². The molecule has 1 heterocycles. The largest absolute Gasteiger partial charge is 0.311 e. The maximum Gasteiger partial charge on any atom is 0.0224 e. The van der Waals surface area contributed by atoms with Gasteiger partial charge in [-0.25, -0.2) is 0 Å². The first-order valence-electron chi connectivity index (χ1n) is 5.84. The van der Waals surface area contributed by atoms with Crippen LogP contribution in [-0.2, 0) is 0 Å². The molecule has 2 atom stereocenters. The molecule has 13 heavy (non-hydrogen) atoms. The summed E-state index contributed by atoms with van der Waals surface area (Å²) >= 11 is 0. The second kappa shape index (κ2) is 2.96. The van der Waals surface area contributed by atoms with Gasteiger partial charge >= 0.3 is 0 Å². The number of nitrogens with zero attached hydrogens (tertiary/aromatic N) is 1. The second-order valence-electron chi connectivity index (χ2n) is 5.13. The van der Waals surface area contributed by atoms with Crippen LogP contribution in [0.15, 0.2) is 0 Å². The molecule has 2 saturated carbocycles. The molecular weight excluding hydrogens is 160 g/mol. The molecule has 0 aromatic rings. The smallest absolute Gasteiger partial charge is 0.0224 e. The molecule has 0 bridgehead atoms. The van der Waals surface area contributed by atoms with Gasteiger partial charge in [0.1, 0.15) is 0 Å². The maximum atomic E-state index is 3.70. The fourth-order valence-electron chi connectivity index (χ4n) is 2.64. The van der Waals surface area contributed by atoms with Crippen molar-refractivity contribution in [2.45, 2.75) is 50.7 Å². The molecule has 1 aliphatic heterocycles. The first-order valence-corrected chi connectivity index (χ1v) is 5.84. The van der Waals surface area contributed by atoms with Gasteiger partial charge in [0.25, 0.3) is 0 Å². The summed E-state index contributed by atoms with van der Waals surface area (Å²) in [5.41, 5.74) is 0. The zero-order valence-electron chi connectivity index (χ0n) is 8.50. The van der Waals surface area contributed by atoms with Crippen LogP contribution in [0.2, 0.25) is 0 Å². The van der Waals surface area contributed by atoms with Gasteiger partial charge in [-0.15, -0.1) is 0 Å². The normalized spacial score (nSPS) is 42.2. The highest BCUT2D eigenvalue weighted by Crippen LogP contribution is 2.37. The van der Waals surface area contributed by atoms with E-state index in [0.717, 1.165) is 24.0 Å². The maximum absolute atomic E-state index is 3.70. The van der Waals surface area contributed by atoms with Crippen LogP contribution in [0.1, 0.15) is 32.6 Å². The average Bonchev–Trinajstić information content (AvgIpc) is 3.00. The van der Waals surface area contributed by atoms with Gasteiger partial charge in [-0.3, -0.25) is 4.90 Å². The van der Waals surface area contributed by atoms with E-state index in [1.807, 2.05) is 0 Å². The zero-order chi connectivity index (χ0) is 8.84. The minimum absolute atomic E-state index is 0.780. The van der Waals surface area contributed by atoms with Crippen molar-refractivity contribution < 1.29 is 0 Å². The standard InChI is InChI=1S/C11H20N2/c1-8-6-12-11(9-2-3-9)7-13(8)10-4-5-10/h8-12H,2-7H2,1H3. The van der Waals surface area contributed by atoms with E-state index >= 15 is 0 Å². The summed E-state index contributed by atoms with van der Waals surface area (Å²) in [6.07, 6.45) is 5.87. The van der Waals surface area contributed by atoms with E-state index < -0.39 is 0 Å². The Balaban J connectivity index is 1.63. The van der Waals surface area contributed by atoms with Crippen LogP contribution in [0, 0.1) is 5.92 Å². The number of hydrogen-bond acceptors (Lipinski definition) is 2. The van der Waals surface area contributed by atoms with Crippen molar-refractivity contribution in [1.29, 1.82) is 0 Å². The molecule has 2 unspecified atom stereocenters. The molecule has 2 aliphatic carbocycles. The Morgan fingerprint density at radius 2 is 1.92 bits per heavy atom. The lowest BCUT2D eigenvalue weighted by atomic mass is 10.1. The fraction of sp³-hybridized carbons (Fsp3) is 1.00. The van der Waals surface area contributed by atoms with Gasteiger partial charge < -0.3 is 5.32 Å². The quantitative estimate of drug-likeness (QED) is 0.687. The zero-order valence-corrected chi connectivity index (χ0v) is 8.50. The second-order valence-corrected chi connectivity index (χ2v) is 5.13. The van der Waals surface area contributed by atoms with Crippen molar-refractivity contribution in [3.63, 3.8) is 0 Å². The molecule has 0 spiro atoms. The predicted molar refractivity (Wildman–Crippen MR) is 53.7 cm³/mol. The Kier molecular flexibility index (Phi) is 1.88. The van der Waals surface area contributed by atoms with Crippen LogP contribution < -0.4 is 5.32 Å². The third kappa shape index (κ3) is 1.62. The monoisotopic (exact) mass is 180 g/mol. The van der Waals surface area contributed by atoms with E-state index in [1.165, 1.54) is 38.8 Å². The van der Waals surface area contributed by atoms with Gasteiger partial charge in [-0.1, -0.05) is 0 Å². The lowest BCUT2D eigenvalue weighted by Gasteiger charge is -2.39. The van der Waals surface area contributed by atoms with E-state index in [-0.39, 0.29) is 0 Å². The molecule has 0 amide bonds. The van der Waals surface area contributed by atoms with Gasteiger partial charge in [0, 0.05) is 31.2 Å². The van der Waals surface area contributed by atoms with Crippen LogP contribution in [0.4, 0.5) is 0 Å². The summed E-state index contributed by atoms with van der Waals surface area (Å²) in [6.45, 7) is 4.92. The third-order valence-electron chi connectivity index (χ3n) is 3.86. The Bertz CT molecular complexity index is 196. The van der Waals surface area contributed by atoms with E-state index in [2.05, 4.69) is 17.1 Å². The summed E-state index contributed by atoms with van der Waals surface area (Å²) in [4.78, 5) is 2.75. The predicted octanol–water partition coefficient (Wildman–Crippen LogP) is 1.22. The van der Waals surface area contributed by atoms with E-state index in [4.69, 9.17) is 0 Å². The Labute approximate surface area is 80.7 Å². The third-order valence-corrected chi connectivity index (χ3v) is 3.86. The summed E-state index contributed by atoms with van der Waals surface area (Å²) in [5, 5.41) is 3.70. The summed E-state index contributed by atoms with van der Waals surface area (Å²) < 4.78 is 0. The minimum Gasteiger partial charge on any atom is -0.311 e. The summed E-state index contributed by atoms with van der Waals surface area (Å²) in [6, 6.07) is 2.57. The number of hydrogen-bond donors (Lipinski definition) is 1. The molecule has 0 radical (unpaired) electrons. The number of nitrogens with one attached hydrogen (secondary N) is 1. The summed E-state index contributed by atoms with van der Waals surface area (Å²) in [5.74, 6) is 1.02. The molecular formula is C11H20N2. The van der Waals surface area contributed by atoms with E-state index in [0.29, 0.717) is 0 Å². The number of piperazine rings is 1. The lowest BCUT2D eigenvalue weighted by Crippen LogP contribution is -2.56. The van der Waals surface area contributed by atoms with E-state index in [1.54, 1.807) is 0 Å². The Morgan fingerprint density at radius 1 is 1.15 bits per heavy atom. The highest BCUT2D eigenvalue weighted by atomic mass is 15.3. The van der Waals surface area contributed by atoms with Crippen molar-refractivity contribution in [3.05, 3.63) is 0 Å². The molecule has 3 rings (SSSR count). The molecule has 74 valence electrons. The van der Waals surface area contributed by atoms with Crippen LogP contribution in [0.25, 0.3) is 0 Å². The molecule has 1 saturated heterocycles. The van der Waals surface area contributed by atoms with Crippen molar-refractivity contribution in [1.82, 2.24) is 10.2 Å². The van der Waals surface area contributed by atoms with Gasteiger partial charge in [0.2, 0.25) is 0 Å². The van der Waals surface area contributed by atoms with Crippen molar-refractivity contribution in [2.24, 2.45) is 5.92 Å². The van der Waals surface area contributed by atoms with E-state index in [9.17, 15) is 0 Å². The van der Waals surface area contributed by atoms with Gasteiger partial charge in [-0.05, 0) is 38.5 Å². The molecule has 3 aliphatic rings. The molecule has 2 heteroatoms. The van der Waals surface area contributed by atoms with Gasteiger partial charge in [0.05, 0.1) is 0 Å². The first kappa shape index (κ1) is 8.25. The van der Waals surface area contributed by atoms with Crippen molar-refractivity contribution in [2.75, 3.05) is 13.1 Å². The minimum atomic E-state index is 0.780. The number of rotatable bonds is 2. The van der Waals surface area contributed by atoms with Gasteiger partial charge in [0.15, 0.2) is 0 Å². The van der Waals surface area contributed by atoms with Crippen LogP contribution in [0.3, 0.4) is 0 Å². The molecule has 0 aromatic heterocycles. The average molecular weight is 180 g/mol. The molecule has 2 nitrogen and oxygen atoms in total. The fourth-order valence-corrected chi connectivity index (χ4v) is 2.64. The Morgan fingerprint density at radius 3 is 2.54 bits per heavy atom. The summed E-state index contributed by atoms with van der Waals surface area (Å²) in [7, 11) is 0. The lowest BCUT2D eigenvalue weighted by molar-refractivity contribution is 0.124. The highest BCUT2D eigenvalue weighted by molar-refractivity contribution is 4.98. The first-order chi connectivity index (χ1) is 6.34.